The molecule has 126 valence electrons. The number of aliphatic carboxylic acids is 1. The van der Waals surface area contributed by atoms with E-state index in [0.717, 1.165) is 0 Å². The summed E-state index contributed by atoms with van der Waals surface area (Å²) >= 11 is 0. The van der Waals surface area contributed by atoms with Crippen molar-refractivity contribution in [2.24, 2.45) is 5.92 Å². The third kappa shape index (κ3) is 2.82. The fraction of sp³-hybridized carbons (Fsp3) is 0.375. The first-order valence-corrected chi connectivity index (χ1v) is 7.58. The summed E-state index contributed by atoms with van der Waals surface area (Å²) in [5, 5.41) is 20.5. The third-order valence-corrected chi connectivity index (χ3v) is 4.41. The van der Waals surface area contributed by atoms with Gasteiger partial charge in [0, 0.05) is 30.1 Å². The van der Waals surface area contributed by atoms with Crippen molar-refractivity contribution in [3.8, 4) is 0 Å². The Kier molecular flexibility index (Phi) is 3.96. The zero-order valence-corrected chi connectivity index (χ0v) is 13.0. The third-order valence-electron chi connectivity index (χ3n) is 4.41. The van der Waals surface area contributed by atoms with Crippen LogP contribution in [0.1, 0.15) is 30.3 Å². The average molecular weight is 332 g/mol. The summed E-state index contributed by atoms with van der Waals surface area (Å²) in [6.45, 7) is 2.00. The summed E-state index contributed by atoms with van der Waals surface area (Å²) in [6, 6.07) is 5.47. The predicted octanol–water partition coefficient (Wildman–Crippen LogP) is 2.67. The molecular weight excluding hydrogens is 316 g/mol. The number of benzene rings is 1. The molecule has 1 aliphatic rings. The van der Waals surface area contributed by atoms with Crippen molar-refractivity contribution in [2.75, 3.05) is 6.54 Å². The molecule has 8 nitrogen and oxygen atoms in total. The molecule has 1 N–H and O–H groups in total. The number of carboxylic acid groups (broad SMARTS) is 1. The fourth-order valence-corrected chi connectivity index (χ4v) is 2.98. The van der Waals surface area contributed by atoms with Crippen molar-refractivity contribution in [1.82, 2.24) is 4.90 Å². The Hall–Kier alpha value is -2.90. The maximum atomic E-state index is 12.7. The van der Waals surface area contributed by atoms with Crippen molar-refractivity contribution in [3.05, 3.63) is 40.1 Å². The summed E-state index contributed by atoms with van der Waals surface area (Å²) in [5.74, 6) is -1.84. The molecule has 1 aromatic carbocycles. The highest BCUT2D eigenvalue weighted by molar-refractivity contribution is 5.97. The van der Waals surface area contributed by atoms with Crippen LogP contribution in [0.4, 0.5) is 5.69 Å². The van der Waals surface area contributed by atoms with Gasteiger partial charge in [-0.15, -0.1) is 0 Å². The van der Waals surface area contributed by atoms with Crippen LogP contribution in [0.2, 0.25) is 0 Å². The molecule has 2 aromatic rings. The van der Waals surface area contributed by atoms with E-state index >= 15 is 0 Å². The number of nitro groups is 1. The first kappa shape index (κ1) is 16.0. The molecule has 1 fully saturated rings. The summed E-state index contributed by atoms with van der Waals surface area (Å²) in [6.07, 6.45) is 1.14. The highest BCUT2D eigenvalue weighted by Crippen LogP contribution is 2.28. The van der Waals surface area contributed by atoms with E-state index in [1.54, 1.807) is 0 Å². The molecule has 1 amide bonds. The summed E-state index contributed by atoms with van der Waals surface area (Å²) in [7, 11) is 0. The van der Waals surface area contributed by atoms with Crippen LogP contribution in [0.15, 0.2) is 28.7 Å². The number of hydrogen-bond acceptors (Lipinski definition) is 5. The van der Waals surface area contributed by atoms with Gasteiger partial charge in [-0.05, 0) is 31.9 Å². The molecule has 0 spiro atoms. The van der Waals surface area contributed by atoms with Gasteiger partial charge in [0.25, 0.3) is 11.6 Å². The smallest absolute Gasteiger partial charge is 0.308 e. The topological polar surface area (TPSA) is 114 Å². The summed E-state index contributed by atoms with van der Waals surface area (Å²) in [4.78, 5) is 35.7. The molecule has 0 saturated carbocycles. The van der Waals surface area contributed by atoms with Gasteiger partial charge >= 0.3 is 5.97 Å². The zero-order chi connectivity index (χ0) is 17.4. The number of non-ortho nitro benzene ring substituents is 1. The lowest BCUT2D eigenvalue weighted by Crippen LogP contribution is -2.47. The number of carboxylic acids is 1. The SMILES string of the molecule is CC1CCC(C(=O)O)CN1C(=O)c1cc2cc([N+](=O)[O-])ccc2o1. The zero-order valence-electron chi connectivity index (χ0n) is 13.0. The Morgan fingerprint density at radius 2 is 2.08 bits per heavy atom. The molecule has 1 aromatic heterocycles. The second-order valence-corrected chi connectivity index (χ2v) is 6.01. The standard InChI is InChI=1S/C16H16N2O6/c1-9-2-3-10(16(20)21)8-17(9)15(19)14-7-11-6-12(18(22)23)4-5-13(11)24-14/h4-7,9-10H,2-3,8H2,1H3,(H,20,21). The normalized spacial score (nSPS) is 21.0. The van der Waals surface area contributed by atoms with Crippen LogP contribution in [-0.2, 0) is 4.79 Å². The lowest BCUT2D eigenvalue weighted by molar-refractivity contribution is -0.384. The molecule has 0 bridgehead atoms. The number of carbonyl (C=O) groups is 2. The molecule has 0 radical (unpaired) electrons. The molecule has 1 saturated heterocycles. The molecule has 0 aliphatic carbocycles. The molecule has 3 rings (SSSR count). The maximum Gasteiger partial charge on any atom is 0.308 e. The average Bonchev–Trinajstić information content (AvgIpc) is 2.97. The van der Waals surface area contributed by atoms with E-state index in [0.29, 0.717) is 23.8 Å². The Bertz CT molecular complexity index is 827. The number of likely N-dealkylation sites (tertiary alicyclic amines) is 1. The number of nitro benzene ring substituents is 1. The monoisotopic (exact) mass is 332 g/mol. The van der Waals surface area contributed by atoms with E-state index < -0.39 is 22.7 Å². The predicted molar refractivity (Wildman–Crippen MR) is 83.7 cm³/mol. The van der Waals surface area contributed by atoms with Crippen molar-refractivity contribution >= 4 is 28.5 Å². The highest BCUT2D eigenvalue weighted by atomic mass is 16.6. The van der Waals surface area contributed by atoms with E-state index in [2.05, 4.69) is 0 Å². The van der Waals surface area contributed by atoms with Gasteiger partial charge in [-0.1, -0.05) is 0 Å². The minimum Gasteiger partial charge on any atom is -0.481 e. The minimum absolute atomic E-state index is 0.0587. The van der Waals surface area contributed by atoms with E-state index in [-0.39, 0.29) is 24.0 Å². The van der Waals surface area contributed by atoms with Crippen LogP contribution in [0, 0.1) is 16.0 Å². The Labute approximate surface area is 136 Å². The van der Waals surface area contributed by atoms with Gasteiger partial charge in [0.2, 0.25) is 0 Å². The molecule has 2 heterocycles. The summed E-state index contributed by atoms with van der Waals surface area (Å²) < 4.78 is 5.50. The van der Waals surface area contributed by atoms with E-state index in [1.807, 2.05) is 6.92 Å². The molecule has 2 atom stereocenters. The number of furan rings is 1. The summed E-state index contributed by atoms with van der Waals surface area (Å²) in [5.41, 5.74) is 0.294. The van der Waals surface area contributed by atoms with E-state index in [1.165, 1.54) is 29.2 Å². The van der Waals surface area contributed by atoms with Crippen molar-refractivity contribution in [2.45, 2.75) is 25.8 Å². The number of rotatable bonds is 3. The van der Waals surface area contributed by atoms with Crippen LogP contribution >= 0.6 is 0 Å². The van der Waals surface area contributed by atoms with Gasteiger partial charge in [0.15, 0.2) is 5.76 Å². The Morgan fingerprint density at radius 3 is 2.75 bits per heavy atom. The number of hydrogen-bond donors (Lipinski definition) is 1. The second-order valence-electron chi connectivity index (χ2n) is 6.01. The van der Waals surface area contributed by atoms with E-state index in [9.17, 15) is 19.7 Å². The minimum atomic E-state index is -0.917. The second kappa shape index (κ2) is 5.95. The molecular formula is C16H16N2O6. The number of carbonyl (C=O) groups excluding carboxylic acids is 1. The molecule has 8 heteroatoms. The first-order chi connectivity index (χ1) is 11.4. The largest absolute Gasteiger partial charge is 0.481 e. The quantitative estimate of drug-likeness (QED) is 0.682. The molecule has 1 aliphatic heterocycles. The van der Waals surface area contributed by atoms with Crippen molar-refractivity contribution in [1.29, 1.82) is 0 Å². The number of fused-ring (bicyclic) bond motifs is 1. The lowest BCUT2D eigenvalue weighted by Gasteiger charge is -2.35. The Balaban J connectivity index is 1.89. The lowest BCUT2D eigenvalue weighted by atomic mass is 9.93. The van der Waals surface area contributed by atoms with Gasteiger partial charge in [0.1, 0.15) is 5.58 Å². The number of nitrogens with zero attached hydrogens (tertiary/aromatic N) is 2. The van der Waals surface area contributed by atoms with Gasteiger partial charge in [-0.25, -0.2) is 0 Å². The maximum absolute atomic E-state index is 12.7. The molecule has 24 heavy (non-hydrogen) atoms. The molecule has 2 unspecified atom stereocenters. The fourth-order valence-electron chi connectivity index (χ4n) is 2.98. The number of amides is 1. The van der Waals surface area contributed by atoms with Crippen LogP contribution in [0.25, 0.3) is 11.0 Å². The van der Waals surface area contributed by atoms with E-state index in [4.69, 9.17) is 9.52 Å². The highest BCUT2D eigenvalue weighted by Gasteiger charge is 2.34. The first-order valence-electron chi connectivity index (χ1n) is 7.58. The van der Waals surface area contributed by atoms with Crippen LogP contribution in [0.5, 0.6) is 0 Å². The van der Waals surface area contributed by atoms with Gasteiger partial charge < -0.3 is 14.4 Å². The van der Waals surface area contributed by atoms with Crippen LogP contribution < -0.4 is 0 Å². The number of piperidine rings is 1. The van der Waals surface area contributed by atoms with Crippen LogP contribution in [0.3, 0.4) is 0 Å². The van der Waals surface area contributed by atoms with Crippen molar-refractivity contribution < 1.29 is 24.0 Å². The van der Waals surface area contributed by atoms with Gasteiger partial charge in [-0.3, -0.25) is 19.7 Å². The van der Waals surface area contributed by atoms with Crippen LogP contribution in [-0.4, -0.2) is 39.4 Å². The van der Waals surface area contributed by atoms with Crippen molar-refractivity contribution in [3.63, 3.8) is 0 Å². The Morgan fingerprint density at radius 1 is 1.33 bits per heavy atom. The van der Waals surface area contributed by atoms with Gasteiger partial charge in [-0.2, -0.15) is 0 Å². The van der Waals surface area contributed by atoms with Gasteiger partial charge in [0.05, 0.1) is 10.8 Å².